The Morgan fingerprint density at radius 2 is 1.71 bits per heavy atom. The van der Waals surface area contributed by atoms with Crippen molar-refractivity contribution < 1.29 is 22.3 Å². The summed E-state index contributed by atoms with van der Waals surface area (Å²) in [5.74, 6) is 1.27. The fourth-order valence-corrected chi connectivity index (χ4v) is 5.06. The Bertz CT molecular complexity index is 1410. The molecule has 0 saturated carbocycles. The highest BCUT2D eigenvalue weighted by Gasteiger charge is 2.30. The van der Waals surface area contributed by atoms with Gasteiger partial charge in [0.05, 0.1) is 4.90 Å². The van der Waals surface area contributed by atoms with E-state index in [0.717, 1.165) is 11.1 Å². The van der Waals surface area contributed by atoms with Gasteiger partial charge in [-0.05, 0) is 43.2 Å². The first kappa shape index (κ1) is 22.0. The molecule has 1 aliphatic rings. The Morgan fingerprint density at radius 3 is 2.50 bits per heavy atom. The standard InChI is InChI=1S/C26H24N2O5S/c1-18-6-5-9-20(16-18)24-28-26(25(33-24)27-13-12-19-7-3-2-4-8-19)34(29,30)21-10-11-22-23(17-21)32-15-14-31-22/h2-11,16-17,27H,12-15H2,1H3. The molecule has 0 aliphatic carbocycles. The lowest BCUT2D eigenvalue weighted by Crippen LogP contribution is -2.16. The van der Waals surface area contributed by atoms with Crippen molar-refractivity contribution in [3.05, 3.63) is 83.9 Å². The van der Waals surface area contributed by atoms with Gasteiger partial charge in [-0.3, -0.25) is 0 Å². The zero-order valence-corrected chi connectivity index (χ0v) is 19.5. The van der Waals surface area contributed by atoms with Crippen LogP contribution in [0.5, 0.6) is 11.5 Å². The minimum absolute atomic E-state index is 0.0620. The molecule has 0 bridgehead atoms. The maximum Gasteiger partial charge on any atom is 0.233 e. The number of benzene rings is 3. The van der Waals surface area contributed by atoms with E-state index < -0.39 is 9.84 Å². The van der Waals surface area contributed by atoms with E-state index in [2.05, 4.69) is 10.3 Å². The number of oxazole rings is 1. The quantitative estimate of drug-likeness (QED) is 0.405. The number of fused-ring (bicyclic) bond motifs is 1. The number of hydrogen-bond acceptors (Lipinski definition) is 7. The molecular weight excluding hydrogens is 452 g/mol. The molecule has 0 spiro atoms. The number of sulfone groups is 1. The molecule has 1 N–H and O–H groups in total. The SMILES string of the molecule is Cc1cccc(-c2nc(S(=O)(=O)c3ccc4c(c3)OCCO4)c(NCCc3ccccc3)o2)c1. The van der Waals surface area contributed by atoms with Gasteiger partial charge in [0.15, 0.2) is 11.5 Å². The number of nitrogens with zero attached hydrogens (tertiary/aromatic N) is 1. The monoisotopic (exact) mass is 476 g/mol. The first-order chi connectivity index (χ1) is 16.5. The molecule has 0 unspecified atom stereocenters. The van der Waals surface area contributed by atoms with E-state index in [0.29, 0.717) is 43.2 Å². The second-order valence-electron chi connectivity index (χ2n) is 7.99. The molecule has 4 aromatic rings. The van der Waals surface area contributed by atoms with E-state index in [9.17, 15) is 8.42 Å². The highest BCUT2D eigenvalue weighted by molar-refractivity contribution is 7.91. The minimum atomic E-state index is -4.00. The Morgan fingerprint density at radius 1 is 0.912 bits per heavy atom. The maximum absolute atomic E-state index is 13.6. The van der Waals surface area contributed by atoms with Gasteiger partial charge in [0.25, 0.3) is 0 Å². The molecule has 0 saturated heterocycles. The lowest BCUT2D eigenvalue weighted by Gasteiger charge is -2.18. The van der Waals surface area contributed by atoms with Crippen LogP contribution in [-0.2, 0) is 16.3 Å². The molecular formula is C26H24N2O5S. The molecule has 0 fully saturated rings. The van der Waals surface area contributed by atoms with Crippen LogP contribution in [0.3, 0.4) is 0 Å². The van der Waals surface area contributed by atoms with E-state index in [1.54, 1.807) is 6.07 Å². The predicted molar refractivity (Wildman–Crippen MR) is 128 cm³/mol. The van der Waals surface area contributed by atoms with Crippen molar-refractivity contribution in [2.75, 3.05) is 25.1 Å². The minimum Gasteiger partial charge on any atom is -0.486 e. The summed E-state index contributed by atoms with van der Waals surface area (Å²) in [5.41, 5.74) is 2.85. The van der Waals surface area contributed by atoms with Gasteiger partial charge in [0.1, 0.15) is 13.2 Å². The lowest BCUT2D eigenvalue weighted by molar-refractivity contribution is 0.171. The van der Waals surface area contributed by atoms with Crippen LogP contribution in [0.4, 0.5) is 5.88 Å². The van der Waals surface area contributed by atoms with Crippen LogP contribution < -0.4 is 14.8 Å². The van der Waals surface area contributed by atoms with Gasteiger partial charge in [-0.1, -0.05) is 48.0 Å². The second-order valence-corrected chi connectivity index (χ2v) is 9.86. The van der Waals surface area contributed by atoms with Gasteiger partial charge < -0.3 is 19.2 Å². The number of aryl methyl sites for hydroxylation is 1. The van der Waals surface area contributed by atoms with Crippen LogP contribution >= 0.6 is 0 Å². The van der Waals surface area contributed by atoms with Crippen molar-refractivity contribution in [3.63, 3.8) is 0 Å². The molecule has 5 rings (SSSR count). The Balaban J connectivity index is 1.51. The van der Waals surface area contributed by atoms with Crippen LogP contribution in [0.1, 0.15) is 11.1 Å². The third kappa shape index (κ3) is 4.49. The highest BCUT2D eigenvalue weighted by atomic mass is 32.2. The van der Waals surface area contributed by atoms with E-state index in [4.69, 9.17) is 13.9 Å². The lowest BCUT2D eigenvalue weighted by atomic mass is 10.1. The van der Waals surface area contributed by atoms with Crippen molar-refractivity contribution in [1.29, 1.82) is 0 Å². The Hall–Kier alpha value is -3.78. The summed E-state index contributed by atoms with van der Waals surface area (Å²) in [6.45, 7) is 3.23. The number of rotatable bonds is 7. The molecule has 34 heavy (non-hydrogen) atoms. The van der Waals surface area contributed by atoms with E-state index in [1.165, 1.54) is 12.1 Å². The predicted octanol–water partition coefficient (Wildman–Crippen LogP) is 4.91. The summed E-state index contributed by atoms with van der Waals surface area (Å²) >= 11 is 0. The zero-order valence-electron chi connectivity index (χ0n) is 18.7. The van der Waals surface area contributed by atoms with Gasteiger partial charge in [0.2, 0.25) is 26.6 Å². The number of anilines is 1. The van der Waals surface area contributed by atoms with Gasteiger partial charge >= 0.3 is 0 Å². The third-order valence-electron chi connectivity index (χ3n) is 5.48. The maximum atomic E-state index is 13.6. The van der Waals surface area contributed by atoms with Gasteiger partial charge in [-0.15, -0.1) is 0 Å². The van der Waals surface area contributed by atoms with Gasteiger partial charge in [0, 0.05) is 18.2 Å². The third-order valence-corrected chi connectivity index (χ3v) is 7.14. The molecule has 1 aliphatic heterocycles. The average molecular weight is 477 g/mol. The average Bonchev–Trinajstić information content (AvgIpc) is 3.29. The van der Waals surface area contributed by atoms with Crippen molar-refractivity contribution in [2.45, 2.75) is 23.3 Å². The highest BCUT2D eigenvalue weighted by Crippen LogP contribution is 2.37. The Kier molecular flexibility index (Phi) is 5.98. The van der Waals surface area contributed by atoms with Crippen LogP contribution in [0.2, 0.25) is 0 Å². The van der Waals surface area contributed by atoms with Crippen LogP contribution in [0.25, 0.3) is 11.5 Å². The van der Waals surface area contributed by atoms with E-state index in [1.807, 2.05) is 61.5 Å². The zero-order chi connectivity index (χ0) is 23.5. The first-order valence-corrected chi connectivity index (χ1v) is 12.5. The summed E-state index contributed by atoms with van der Waals surface area (Å²) in [4.78, 5) is 4.48. The molecule has 7 nitrogen and oxygen atoms in total. The number of hydrogen-bond donors (Lipinski definition) is 1. The van der Waals surface area contributed by atoms with E-state index >= 15 is 0 Å². The topological polar surface area (TPSA) is 90.7 Å². The van der Waals surface area contributed by atoms with Crippen molar-refractivity contribution in [2.24, 2.45) is 0 Å². The number of ether oxygens (including phenoxy) is 2. The number of nitrogens with one attached hydrogen (secondary N) is 1. The molecule has 3 aromatic carbocycles. The molecule has 174 valence electrons. The molecule has 0 amide bonds. The number of aromatic nitrogens is 1. The summed E-state index contributed by atoms with van der Waals surface area (Å²) < 4.78 is 44.3. The molecule has 8 heteroatoms. The summed E-state index contributed by atoms with van der Waals surface area (Å²) in [7, 11) is -4.00. The van der Waals surface area contributed by atoms with Crippen molar-refractivity contribution in [1.82, 2.24) is 4.98 Å². The fourth-order valence-electron chi connectivity index (χ4n) is 3.77. The summed E-state index contributed by atoms with van der Waals surface area (Å²) in [6.07, 6.45) is 0.699. The Labute approximate surface area is 198 Å². The van der Waals surface area contributed by atoms with Crippen LogP contribution in [-0.4, -0.2) is 33.2 Å². The smallest absolute Gasteiger partial charge is 0.233 e. The van der Waals surface area contributed by atoms with Crippen molar-refractivity contribution >= 4 is 15.7 Å². The largest absolute Gasteiger partial charge is 0.486 e. The fraction of sp³-hybridized carbons (Fsp3) is 0.192. The summed E-state index contributed by atoms with van der Waals surface area (Å²) in [5, 5.41) is 2.98. The second kappa shape index (κ2) is 9.23. The molecule has 2 heterocycles. The van der Waals surface area contributed by atoms with E-state index in [-0.39, 0.29) is 21.7 Å². The first-order valence-electron chi connectivity index (χ1n) is 11.0. The molecule has 1 aromatic heterocycles. The van der Waals surface area contributed by atoms with Crippen molar-refractivity contribution in [3.8, 4) is 23.0 Å². The molecule has 0 atom stereocenters. The van der Waals surface area contributed by atoms with Crippen LogP contribution in [0.15, 0.2) is 87.1 Å². The van der Waals surface area contributed by atoms with Gasteiger partial charge in [-0.25, -0.2) is 8.42 Å². The summed E-state index contributed by atoms with van der Waals surface area (Å²) in [6, 6.07) is 22.1. The van der Waals surface area contributed by atoms with Crippen LogP contribution in [0, 0.1) is 6.92 Å². The molecule has 0 radical (unpaired) electrons. The van der Waals surface area contributed by atoms with Gasteiger partial charge in [-0.2, -0.15) is 4.98 Å². The normalized spacial score (nSPS) is 13.0.